The second-order valence-corrected chi connectivity index (χ2v) is 7.78. The molecule has 4 rings (SSSR count). The van der Waals surface area contributed by atoms with Crippen LogP contribution >= 0.6 is 0 Å². The number of aryl methyl sites for hydroxylation is 1. The number of fused-ring (bicyclic) bond motifs is 1. The Morgan fingerprint density at radius 2 is 1.89 bits per heavy atom. The van der Waals surface area contributed by atoms with Crippen LogP contribution in [0, 0.1) is 6.92 Å². The minimum absolute atomic E-state index is 0.0461. The Labute approximate surface area is 164 Å². The van der Waals surface area contributed by atoms with E-state index in [4.69, 9.17) is 4.74 Å². The van der Waals surface area contributed by atoms with E-state index in [0.717, 1.165) is 18.6 Å². The number of amides is 4. The van der Waals surface area contributed by atoms with Gasteiger partial charge in [-0.05, 0) is 25.5 Å². The Balaban J connectivity index is 1.25. The topological polar surface area (TPSA) is 91.0 Å². The van der Waals surface area contributed by atoms with Crippen LogP contribution in [-0.2, 0) is 9.59 Å². The molecule has 2 N–H and O–H groups in total. The number of carbonyl (C=O) groups excluding carboxylic acids is 3. The van der Waals surface area contributed by atoms with Crippen molar-refractivity contribution in [2.45, 2.75) is 44.4 Å². The molecule has 4 amide bonds. The molecule has 0 aliphatic carbocycles. The highest BCUT2D eigenvalue weighted by atomic mass is 16.5. The lowest BCUT2D eigenvalue weighted by Gasteiger charge is -2.33. The summed E-state index contributed by atoms with van der Waals surface area (Å²) in [5.74, 6) is 0.639. The Morgan fingerprint density at radius 1 is 1.18 bits per heavy atom. The van der Waals surface area contributed by atoms with Crippen molar-refractivity contribution < 1.29 is 19.1 Å². The molecule has 0 aromatic heterocycles. The van der Waals surface area contributed by atoms with E-state index in [-0.39, 0.29) is 36.5 Å². The molecule has 1 aromatic carbocycles. The Bertz CT molecular complexity index is 734. The molecule has 0 spiro atoms. The van der Waals surface area contributed by atoms with Crippen molar-refractivity contribution in [3.05, 3.63) is 29.8 Å². The molecule has 150 valence electrons. The number of likely N-dealkylation sites (tertiary alicyclic amines) is 1. The van der Waals surface area contributed by atoms with Gasteiger partial charge in [-0.25, -0.2) is 4.79 Å². The van der Waals surface area contributed by atoms with Crippen LogP contribution in [0.15, 0.2) is 24.3 Å². The molecule has 3 aliphatic rings. The molecule has 0 bridgehead atoms. The summed E-state index contributed by atoms with van der Waals surface area (Å²) < 4.78 is 6.01. The van der Waals surface area contributed by atoms with Gasteiger partial charge in [-0.2, -0.15) is 0 Å². The number of nitrogens with one attached hydrogen (secondary N) is 2. The van der Waals surface area contributed by atoms with E-state index >= 15 is 0 Å². The molecule has 3 aliphatic heterocycles. The van der Waals surface area contributed by atoms with Crippen molar-refractivity contribution in [2.75, 3.05) is 26.2 Å². The second-order valence-electron chi connectivity index (χ2n) is 7.78. The van der Waals surface area contributed by atoms with E-state index in [1.165, 1.54) is 5.56 Å². The van der Waals surface area contributed by atoms with Crippen LogP contribution in [0.4, 0.5) is 4.79 Å². The maximum atomic E-state index is 12.6. The number of hydrogen-bond donors (Lipinski definition) is 2. The summed E-state index contributed by atoms with van der Waals surface area (Å²) in [4.78, 5) is 39.8. The van der Waals surface area contributed by atoms with Gasteiger partial charge in [-0.1, -0.05) is 17.7 Å². The van der Waals surface area contributed by atoms with Gasteiger partial charge in [0.1, 0.15) is 17.9 Å². The lowest BCUT2D eigenvalue weighted by Crippen LogP contribution is -2.55. The zero-order valence-corrected chi connectivity index (χ0v) is 16.0. The molecule has 8 heteroatoms. The minimum Gasteiger partial charge on any atom is -0.490 e. The molecule has 0 radical (unpaired) electrons. The lowest BCUT2D eigenvalue weighted by molar-refractivity contribution is -0.143. The summed E-state index contributed by atoms with van der Waals surface area (Å²) in [6.07, 6.45) is 2.13. The first-order valence-electron chi connectivity index (χ1n) is 9.85. The molecule has 28 heavy (non-hydrogen) atoms. The lowest BCUT2D eigenvalue weighted by atomic mass is 10.1. The van der Waals surface area contributed by atoms with Crippen molar-refractivity contribution in [3.63, 3.8) is 0 Å². The van der Waals surface area contributed by atoms with Crippen LogP contribution in [0.25, 0.3) is 0 Å². The van der Waals surface area contributed by atoms with E-state index in [9.17, 15) is 14.4 Å². The maximum Gasteiger partial charge on any atom is 0.317 e. The van der Waals surface area contributed by atoms with Gasteiger partial charge in [0.05, 0.1) is 12.6 Å². The summed E-state index contributed by atoms with van der Waals surface area (Å²) >= 11 is 0. The second kappa shape index (κ2) is 7.69. The van der Waals surface area contributed by atoms with Crippen LogP contribution in [0.5, 0.6) is 5.75 Å². The monoisotopic (exact) mass is 386 g/mol. The number of nitrogens with zero attached hydrogens (tertiary/aromatic N) is 2. The van der Waals surface area contributed by atoms with Gasteiger partial charge in [0.15, 0.2) is 0 Å². The quantitative estimate of drug-likeness (QED) is 0.798. The van der Waals surface area contributed by atoms with E-state index < -0.39 is 6.04 Å². The number of piperidine rings is 1. The first-order chi connectivity index (χ1) is 13.5. The fourth-order valence-corrected chi connectivity index (χ4v) is 4.10. The zero-order chi connectivity index (χ0) is 19.7. The molecule has 0 unspecified atom stereocenters. The summed E-state index contributed by atoms with van der Waals surface area (Å²) in [5.41, 5.74) is 1.20. The molecule has 3 fully saturated rings. The number of ether oxygens (including phenoxy) is 1. The zero-order valence-electron chi connectivity index (χ0n) is 16.0. The predicted octanol–water partition coefficient (Wildman–Crippen LogP) is 0.647. The summed E-state index contributed by atoms with van der Waals surface area (Å²) in [6.45, 7) is 3.74. The highest BCUT2D eigenvalue weighted by Crippen LogP contribution is 2.22. The summed E-state index contributed by atoms with van der Waals surface area (Å²) in [5, 5.41) is 5.59. The van der Waals surface area contributed by atoms with Gasteiger partial charge in [-0.3, -0.25) is 9.59 Å². The van der Waals surface area contributed by atoms with Crippen molar-refractivity contribution in [1.29, 1.82) is 0 Å². The van der Waals surface area contributed by atoms with Gasteiger partial charge < -0.3 is 25.2 Å². The van der Waals surface area contributed by atoms with Gasteiger partial charge in [-0.15, -0.1) is 0 Å². The van der Waals surface area contributed by atoms with Crippen molar-refractivity contribution in [1.82, 2.24) is 20.4 Å². The molecular formula is C20H26N4O4. The van der Waals surface area contributed by atoms with Crippen LogP contribution in [-0.4, -0.2) is 72.0 Å². The predicted molar refractivity (Wildman–Crippen MR) is 102 cm³/mol. The largest absolute Gasteiger partial charge is 0.490 e. The van der Waals surface area contributed by atoms with Crippen molar-refractivity contribution in [3.8, 4) is 5.75 Å². The molecular weight excluding hydrogens is 360 g/mol. The Kier molecular flexibility index (Phi) is 5.11. The molecule has 1 aromatic rings. The Morgan fingerprint density at radius 3 is 2.57 bits per heavy atom. The smallest absolute Gasteiger partial charge is 0.317 e. The number of piperazine rings is 1. The first-order valence-corrected chi connectivity index (χ1v) is 9.85. The third-order valence-electron chi connectivity index (χ3n) is 5.72. The average molecular weight is 386 g/mol. The highest BCUT2D eigenvalue weighted by molar-refractivity contribution is 5.95. The number of hydrogen-bond acceptors (Lipinski definition) is 4. The van der Waals surface area contributed by atoms with E-state index in [2.05, 4.69) is 10.6 Å². The van der Waals surface area contributed by atoms with E-state index in [1.54, 1.807) is 9.80 Å². The molecule has 8 nitrogen and oxygen atoms in total. The minimum atomic E-state index is -0.458. The van der Waals surface area contributed by atoms with E-state index in [0.29, 0.717) is 26.1 Å². The van der Waals surface area contributed by atoms with Gasteiger partial charge in [0, 0.05) is 32.5 Å². The normalized spacial score (nSPS) is 25.3. The summed E-state index contributed by atoms with van der Waals surface area (Å²) in [6, 6.07) is 7.22. The molecule has 3 saturated heterocycles. The standard InChI is InChI=1S/C20H26N4O4/c1-13-2-4-15(5-3-13)28-16-6-8-23(9-7-16)20(27)22-14-10-17-19(26)21-11-18(25)24(17)12-14/h2-5,14,16-17H,6-12H2,1H3,(H,21,26)(H,22,27)/t14-,17-/m0/s1. The average Bonchev–Trinajstić information content (AvgIpc) is 3.12. The van der Waals surface area contributed by atoms with Crippen molar-refractivity contribution in [2.24, 2.45) is 0 Å². The first kappa shape index (κ1) is 18.6. The third-order valence-corrected chi connectivity index (χ3v) is 5.72. The molecule has 0 saturated carbocycles. The van der Waals surface area contributed by atoms with Gasteiger partial charge in [0.25, 0.3) is 0 Å². The Hall–Kier alpha value is -2.77. The van der Waals surface area contributed by atoms with Crippen LogP contribution < -0.4 is 15.4 Å². The fraction of sp³-hybridized carbons (Fsp3) is 0.550. The third kappa shape index (κ3) is 3.90. The summed E-state index contributed by atoms with van der Waals surface area (Å²) in [7, 11) is 0. The van der Waals surface area contributed by atoms with Gasteiger partial charge in [0.2, 0.25) is 11.8 Å². The van der Waals surface area contributed by atoms with Crippen molar-refractivity contribution >= 4 is 17.8 Å². The number of carbonyl (C=O) groups is 3. The SMILES string of the molecule is Cc1ccc(OC2CCN(C(=O)N[C@H]3C[C@H]4C(=O)NCC(=O)N4C3)CC2)cc1. The molecule has 3 heterocycles. The number of benzene rings is 1. The van der Waals surface area contributed by atoms with Crippen LogP contribution in [0.3, 0.4) is 0 Å². The number of rotatable bonds is 3. The van der Waals surface area contributed by atoms with Crippen LogP contribution in [0.1, 0.15) is 24.8 Å². The van der Waals surface area contributed by atoms with E-state index in [1.807, 2.05) is 31.2 Å². The maximum absolute atomic E-state index is 12.6. The number of urea groups is 1. The molecule has 2 atom stereocenters. The van der Waals surface area contributed by atoms with Gasteiger partial charge >= 0.3 is 6.03 Å². The highest BCUT2D eigenvalue weighted by Gasteiger charge is 2.43. The fourth-order valence-electron chi connectivity index (χ4n) is 4.10. The van der Waals surface area contributed by atoms with Crippen LogP contribution in [0.2, 0.25) is 0 Å².